The van der Waals surface area contributed by atoms with E-state index in [4.69, 9.17) is 4.74 Å². The van der Waals surface area contributed by atoms with Crippen LogP contribution in [0.4, 0.5) is 4.79 Å². The Balaban J connectivity index is 2.55. The van der Waals surface area contributed by atoms with E-state index in [9.17, 15) is 4.79 Å². The van der Waals surface area contributed by atoms with Crippen molar-refractivity contribution in [2.45, 2.75) is 45.8 Å². The van der Waals surface area contributed by atoms with Gasteiger partial charge < -0.3 is 10.1 Å². The molecule has 1 amide bonds. The van der Waals surface area contributed by atoms with E-state index in [0.717, 1.165) is 11.3 Å². The van der Waals surface area contributed by atoms with Crippen LogP contribution < -0.4 is 5.32 Å². The van der Waals surface area contributed by atoms with Crippen LogP contribution in [-0.2, 0) is 4.74 Å². The Kier molecular flexibility index (Phi) is 4.35. The van der Waals surface area contributed by atoms with Crippen molar-refractivity contribution in [3.8, 4) is 0 Å². The van der Waals surface area contributed by atoms with Gasteiger partial charge >= 0.3 is 6.09 Å². The van der Waals surface area contributed by atoms with Crippen molar-refractivity contribution in [1.82, 2.24) is 5.32 Å². The second kappa shape index (κ2) is 5.34. The van der Waals surface area contributed by atoms with E-state index in [-0.39, 0.29) is 12.1 Å². The fraction of sp³-hybridized carbons (Fsp3) is 0.583. The van der Waals surface area contributed by atoms with Crippen molar-refractivity contribution in [2.24, 2.45) is 0 Å². The lowest BCUT2D eigenvalue weighted by atomic mass is 10.2. The number of amides is 1. The van der Waals surface area contributed by atoms with Crippen LogP contribution in [0.2, 0.25) is 0 Å². The molecule has 3 nitrogen and oxygen atoms in total. The number of nitrogens with one attached hydrogen (secondary N) is 1. The highest BCUT2D eigenvalue weighted by atomic mass is 32.1. The first-order valence-corrected chi connectivity index (χ1v) is 6.33. The van der Waals surface area contributed by atoms with E-state index in [1.54, 1.807) is 11.3 Å². The largest absolute Gasteiger partial charge is 0.444 e. The number of carbonyl (C=O) groups is 1. The van der Waals surface area contributed by atoms with Crippen molar-refractivity contribution in [3.63, 3.8) is 0 Å². The fourth-order valence-corrected chi connectivity index (χ4v) is 2.17. The van der Waals surface area contributed by atoms with Gasteiger partial charge in [-0.2, -0.15) is 0 Å². The molecule has 0 saturated carbocycles. The first-order valence-electron chi connectivity index (χ1n) is 5.45. The van der Waals surface area contributed by atoms with Crippen LogP contribution in [0.5, 0.6) is 0 Å². The molecular weight excluding hydrogens is 222 g/mol. The van der Waals surface area contributed by atoms with Gasteiger partial charge in [0.15, 0.2) is 0 Å². The Morgan fingerprint density at radius 2 is 2.25 bits per heavy atom. The Bertz CT molecular complexity index is 327. The number of rotatable bonds is 3. The molecule has 16 heavy (non-hydrogen) atoms. The van der Waals surface area contributed by atoms with Gasteiger partial charge in [-0.3, -0.25) is 0 Å². The Morgan fingerprint density at radius 3 is 2.69 bits per heavy atom. The molecule has 1 aromatic heterocycles. The lowest BCUT2D eigenvalue weighted by Gasteiger charge is -2.22. The highest BCUT2D eigenvalue weighted by Crippen LogP contribution is 2.22. The summed E-state index contributed by atoms with van der Waals surface area (Å²) in [5.41, 5.74) is -0.447. The van der Waals surface area contributed by atoms with Gasteiger partial charge in [-0.1, -0.05) is 13.0 Å². The zero-order chi connectivity index (χ0) is 12.2. The molecule has 1 N–H and O–H groups in total. The smallest absolute Gasteiger partial charge is 0.408 e. The molecule has 0 aliphatic carbocycles. The van der Waals surface area contributed by atoms with Crippen LogP contribution in [0.15, 0.2) is 17.5 Å². The molecule has 1 rings (SSSR count). The molecule has 1 unspecified atom stereocenters. The molecule has 1 heterocycles. The predicted octanol–water partition coefficient (Wildman–Crippen LogP) is 3.72. The van der Waals surface area contributed by atoms with E-state index in [1.165, 1.54) is 0 Å². The van der Waals surface area contributed by atoms with E-state index < -0.39 is 5.60 Å². The first-order chi connectivity index (χ1) is 7.42. The van der Waals surface area contributed by atoms with Gasteiger partial charge in [0.2, 0.25) is 0 Å². The van der Waals surface area contributed by atoms with Crippen molar-refractivity contribution >= 4 is 17.4 Å². The molecule has 0 spiro atoms. The molecular formula is C12H19NO2S. The number of carbonyl (C=O) groups excluding carboxylic acids is 1. The molecule has 0 aliphatic heterocycles. The second-order valence-corrected chi connectivity index (χ2v) is 5.60. The molecule has 0 fully saturated rings. The maximum Gasteiger partial charge on any atom is 0.408 e. The van der Waals surface area contributed by atoms with Gasteiger partial charge in [0.25, 0.3) is 0 Å². The predicted molar refractivity (Wildman–Crippen MR) is 66.7 cm³/mol. The summed E-state index contributed by atoms with van der Waals surface area (Å²) in [6.07, 6.45) is 0.507. The number of ether oxygens (including phenoxy) is 1. The molecule has 0 saturated heterocycles. The quantitative estimate of drug-likeness (QED) is 0.875. The Morgan fingerprint density at radius 1 is 1.56 bits per heavy atom. The summed E-state index contributed by atoms with van der Waals surface area (Å²) in [6.45, 7) is 7.62. The average molecular weight is 241 g/mol. The van der Waals surface area contributed by atoms with Crippen LogP contribution in [0.1, 0.15) is 45.0 Å². The fourth-order valence-electron chi connectivity index (χ4n) is 1.31. The monoisotopic (exact) mass is 241 g/mol. The molecule has 0 aromatic carbocycles. The second-order valence-electron chi connectivity index (χ2n) is 4.62. The normalized spacial score (nSPS) is 13.2. The van der Waals surface area contributed by atoms with E-state index >= 15 is 0 Å². The van der Waals surface area contributed by atoms with Gasteiger partial charge in [0, 0.05) is 4.88 Å². The minimum Gasteiger partial charge on any atom is -0.444 e. The number of alkyl carbamates (subject to hydrolysis) is 1. The summed E-state index contributed by atoms with van der Waals surface area (Å²) in [6, 6.07) is 4.06. The summed E-state index contributed by atoms with van der Waals surface area (Å²) in [4.78, 5) is 12.8. The lowest BCUT2D eigenvalue weighted by molar-refractivity contribution is 0.0503. The third-order valence-electron chi connectivity index (χ3n) is 1.99. The Hall–Kier alpha value is -1.03. The van der Waals surface area contributed by atoms with Gasteiger partial charge in [-0.05, 0) is 38.6 Å². The molecule has 0 aliphatic rings. The Labute approximate surface area is 101 Å². The van der Waals surface area contributed by atoms with Crippen LogP contribution in [0.25, 0.3) is 0 Å². The summed E-state index contributed by atoms with van der Waals surface area (Å²) in [5, 5.41) is 4.88. The lowest BCUT2D eigenvalue weighted by Crippen LogP contribution is -2.34. The zero-order valence-corrected chi connectivity index (χ0v) is 11.1. The number of thiophene rings is 1. The molecule has 1 aromatic rings. The van der Waals surface area contributed by atoms with Gasteiger partial charge in [0.1, 0.15) is 5.60 Å². The van der Waals surface area contributed by atoms with Crippen molar-refractivity contribution in [1.29, 1.82) is 0 Å². The third kappa shape index (κ3) is 4.23. The minimum atomic E-state index is -0.447. The van der Waals surface area contributed by atoms with Gasteiger partial charge in [-0.25, -0.2) is 4.79 Å². The van der Waals surface area contributed by atoms with E-state index in [2.05, 4.69) is 5.32 Å². The summed E-state index contributed by atoms with van der Waals surface area (Å²) in [5.74, 6) is 0. The third-order valence-corrected chi connectivity index (χ3v) is 2.97. The van der Waals surface area contributed by atoms with E-state index in [0.29, 0.717) is 0 Å². The average Bonchev–Trinajstić information content (AvgIpc) is 2.63. The number of hydrogen-bond acceptors (Lipinski definition) is 3. The van der Waals surface area contributed by atoms with Crippen molar-refractivity contribution in [3.05, 3.63) is 22.4 Å². The zero-order valence-electron chi connectivity index (χ0n) is 10.2. The molecule has 1 atom stereocenters. The van der Waals surface area contributed by atoms with E-state index in [1.807, 2.05) is 45.2 Å². The van der Waals surface area contributed by atoms with Crippen molar-refractivity contribution in [2.75, 3.05) is 0 Å². The maximum atomic E-state index is 11.6. The molecule has 0 radical (unpaired) electrons. The highest BCUT2D eigenvalue weighted by Gasteiger charge is 2.19. The summed E-state index contributed by atoms with van der Waals surface area (Å²) >= 11 is 1.65. The first kappa shape index (κ1) is 13.0. The highest BCUT2D eigenvalue weighted by molar-refractivity contribution is 7.10. The van der Waals surface area contributed by atoms with Gasteiger partial charge in [0.05, 0.1) is 6.04 Å². The molecule has 90 valence electrons. The van der Waals surface area contributed by atoms with Crippen LogP contribution in [0, 0.1) is 0 Å². The topological polar surface area (TPSA) is 38.3 Å². The number of hydrogen-bond donors (Lipinski definition) is 1. The van der Waals surface area contributed by atoms with Crippen LogP contribution >= 0.6 is 11.3 Å². The van der Waals surface area contributed by atoms with Crippen LogP contribution in [-0.4, -0.2) is 11.7 Å². The minimum absolute atomic E-state index is 0.0508. The van der Waals surface area contributed by atoms with Crippen LogP contribution in [0.3, 0.4) is 0 Å². The summed E-state index contributed by atoms with van der Waals surface area (Å²) < 4.78 is 5.22. The SMILES string of the molecule is CCC(NC(=O)OC(C)(C)C)c1cccs1. The summed E-state index contributed by atoms with van der Waals surface area (Å²) in [7, 11) is 0. The van der Waals surface area contributed by atoms with Gasteiger partial charge in [-0.15, -0.1) is 11.3 Å². The van der Waals surface area contributed by atoms with Crippen molar-refractivity contribution < 1.29 is 9.53 Å². The maximum absolute atomic E-state index is 11.6. The molecule has 4 heteroatoms. The standard InChI is InChI=1S/C12H19NO2S/c1-5-9(10-7-6-8-16-10)13-11(14)15-12(2,3)4/h6-9H,5H2,1-4H3,(H,13,14). The molecule has 0 bridgehead atoms.